The molecule has 1 saturated carbocycles. The third kappa shape index (κ3) is 3.77. The van der Waals surface area contributed by atoms with E-state index in [0.29, 0.717) is 34.8 Å². The van der Waals surface area contributed by atoms with Gasteiger partial charge in [-0.05, 0) is 48.9 Å². The number of ether oxygens (including phenoxy) is 1. The second-order valence-corrected chi connectivity index (χ2v) is 9.53. The van der Waals surface area contributed by atoms with Gasteiger partial charge in [0.1, 0.15) is 29.3 Å². The average molecular weight is 470 g/mol. The van der Waals surface area contributed by atoms with Crippen molar-refractivity contribution in [3.05, 3.63) is 55.0 Å². The molecule has 0 atom stereocenters. The van der Waals surface area contributed by atoms with Gasteiger partial charge in [0.2, 0.25) is 5.91 Å². The van der Waals surface area contributed by atoms with Crippen LogP contribution in [0, 0.1) is 5.41 Å². The van der Waals surface area contributed by atoms with Crippen LogP contribution in [-0.2, 0) is 4.79 Å². The highest BCUT2D eigenvalue weighted by Gasteiger charge is 2.50. The van der Waals surface area contributed by atoms with Crippen molar-refractivity contribution >= 4 is 22.8 Å². The van der Waals surface area contributed by atoms with E-state index in [4.69, 9.17) is 15.6 Å². The number of nitrogen functional groups attached to an aromatic ring is 1. The summed E-state index contributed by atoms with van der Waals surface area (Å²) in [5.41, 5.74) is 8.53. The van der Waals surface area contributed by atoms with Crippen LogP contribution in [0.5, 0.6) is 11.5 Å². The molecular weight excluding hydrogens is 442 g/mol. The predicted octanol–water partition coefficient (Wildman–Crippen LogP) is 4.23. The van der Waals surface area contributed by atoms with Crippen molar-refractivity contribution in [1.82, 2.24) is 29.6 Å². The van der Waals surface area contributed by atoms with Gasteiger partial charge in [-0.15, -0.1) is 0 Å². The number of hydrogen-bond acceptors (Lipinski definition) is 7. The van der Waals surface area contributed by atoms with Gasteiger partial charge in [0.25, 0.3) is 0 Å². The Morgan fingerprint density at radius 1 is 1.11 bits per heavy atom. The molecule has 178 valence electrons. The zero-order valence-corrected chi connectivity index (χ0v) is 19.6. The second-order valence-electron chi connectivity index (χ2n) is 9.53. The molecule has 1 aliphatic heterocycles. The van der Waals surface area contributed by atoms with Crippen molar-refractivity contribution in [3.8, 4) is 22.9 Å². The number of para-hydroxylation sites is 1. The first-order valence-corrected chi connectivity index (χ1v) is 12.0. The van der Waals surface area contributed by atoms with Gasteiger partial charge >= 0.3 is 0 Å². The number of benzene rings is 1. The third-order valence-corrected chi connectivity index (χ3v) is 7.25. The molecule has 1 aromatic carbocycles. The molecule has 0 unspecified atom stereocenters. The summed E-state index contributed by atoms with van der Waals surface area (Å²) in [4.78, 5) is 27.5. The Kier molecular flexibility index (Phi) is 5.12. The zero-order chi connectivity index (χ0) is 24.0. The van der Waals surface area contributed by atoms with Crippen molar-refractivity contribution in [1.29, 1.82) is 0 Å². The third-order valence-electron chi connectivity index (χ3n) is 7.25. The van der Waals surface area contributed by atoms with Crippen LogP contribution in [-0.4, -0.2) is 48.6 Å². The van der Waals surface area contributed by atoms with Crippen LogP contribution in [0.15, 0.2) is 55.0 Å². The number of likely N-dealkylation sites (tertiary alicyclic amines) is 1. The topological polar surface area (TPSA) is 112 Å². The first-order chi connectivity index (χ1) is 17.0. The van der Waals surface area contributed by atoms with Crippen LogP contribution in [0.3, 0.4) is 0 Å². The summed E-state index contributed by atoms with van der Waals surface area (Å²) in [5.74, 6) is 2.02. The Balaban J connectivity index is 1.27. The van der Waals surface area contributed by atoms with Crippen LogP contribution >= 0.6 is 0 Å². The summed E-state index contributed by atoms with van der Waals surface area (Å²) >= 11 is 0. The number of aromatic nitrogens is 5. The van der Waals surface area contributed by atoms with Crippen LogP contribution in [0.4, 0.5) is 5.82 Å². The number of carbonyl (C=O) groups is 1. The Labute approximate surface area is 203 Å². The van der Waals surface area contributed by atoms with Gasteiger partial charge in [0.05, 0.1) is 23.3 Å². The van der Waals surface area contributed by atoms with Gasteiger partial charge in [0, 0.05) is 19.5 Å². The van der Waals surface area contributed by atoms with Crippen molar-refractivity contribution in [2.24, 2.45) is 5.41 Å². The van der Waals surface area contributed by atoms with Crippen molar-refractivity contribution in [2.75, 3.05) is 18.8 Å². The number of amides is 1. The molecule has 1 aliphatic carbocycles. The Bertz CT molecular complexity index is 1380. The lowest BCUT2D eigenvalue weighted by molar-refractivity contribution is -0.130. The summed E-state index contributed by atoms with van der Waals surface area (Å²) in [5, 5.41) is 5.65. The molecule has 3 aromatic heterocycles. The van der Waals surface area contributed by atoms with E-state index < -0.39 is 0 Å². The number of nitrogens with zero attached hydrogens (tertiary/aromatic N) is 6. The fourth-order valence-corrected chi connectivity index (χ4v) is 5.45. The molecule has 6 rings (SSSR count). The number of pyridine rings is 1. The molecule has 4 heterocycles. The summed E-state index contributed by atoms with van der Waals surface area (Å²) in [6, 6.07) is 13.5. The maximum absolute atomic E-state index is 12.2. The van der Waals surface area contributed by atoms with E-state index in [-0.39, 0.29) is 17.4 Å². The van der Waals surface area contributed by atoms with E-state index in [1.807, 2.05) is 59.0 Å². The quantitative estimate of drug-likeness (QED) is 0.465. The molecular formula is C26H27N7O2. The molecule has 0 bridgehead atoms. The van der Waals surface area contributed by atoms with Crippen LogP contribution in [0.25, 0.3) is 22.4 Å². The van der Waals surface area contributed by atoms with E-state index >= 15 is 0 Å². The van der Waals surface area contributed by atoms with Crippen LogP contribution < -0.4 is 10.5 Å². The van der Waals surface area contributed by atoms with Gasteiger partial charge in [-0.2, -0.15) is 5.10 Å². The predicted molar refractivity (Wildman–Crippen MR) is 132 cm³/mol. The maximum Gasteiger partial charge on any atom is 0.222 e. The number of rotatable bonds is 5. The smallest absolute Gasteiger partial charge is 0.222 e. The number of hydrogen-bond donors (Lipinski definition) is 1. The van der Waals surface area contributed by atoms with Crippen molar-refractivity contribution < 1.29 is 9.53 Å². The summed E-state index contributed by atoms with van der Waals surface area (Å²) in [6.07, 6.45) is 6.71. The van der Waals surface area contributed by atoms with Crippen LogP contribution in [0.1, 0.15) is 38.6 Å². The Hall–Kier alpha value is -4.01. The molecule has 1 saturated heterocycles. The normalized spacial score (nSPS) is 21.4. The number of fused-ring (bicyclic) bond motifs is 1. The summed E-state index contributed by atoms with van der Waals surface area (Å²) < 4.78 is 7.85. The molecule has 2 N–H and O–H groups in total. The molecule has 4 aromatic rings. The van der Waals surface area contributed by atoms with Gasteiger partial charge in [-0.1, -0.05) is 25.1 Å². The van der Waals surface area contributed by atoms with E-state index in [2.05, 4.69) is 15.0 Å². The second kappa shape index (κ2) is 8.33. The molecule has 1 spiro atoms. The molecule has 1 amide bonds. The first-order valence-electron chi connectivity index (χ1n) is 12.0. The lowest BCUT2D eigenvalue weighted by atomic mass is 9.65. The molecule has 0 radical (unpaired) electrons. The summed E-state index contributed by atoms with van der Waals surface area (Å²) in [7, 11) is 0. The minimum absolute atomic E-state index is 0.182. The SMILES string of the molecule is CCC(=O)N1CCC2(CC(n3nc(-c4ccc(Oc5ccccc5)cn4)c4c(N)ncnc43)C2)C1. The van der Waals surface area contributed by atoms with Gasteiger partial charge in [0.15, 0.2) is 5.65 Å². The van der Waals surface area contributed by atoms with Crippen molar-refractivity contribution in [2.45, 2.75) is 38.6 Å². The Morgan fingerprint density at radius 3 is 2.69 bits per heavy atom. The number of anilines is 1. The van der Waals surface area contributed by atoms with E-state index in [9.17, 15) is 4.79 Å². The molecule has 35 heavy (non-hydrogen) atoms. The lowest BCUT2D eigenvalue weighted by Crippen LogP contribution is -2.42. The number of nitrogens with two attached hydrogens (primary N) is 1. The molecule has 9 heteroatoms. The minimum atomic E-state index is 0.182. The van der Waals surface area contributed by atoms with E-state index in [1.54, 1.807) is 6.20 Å². The van der Waals surface area contributed by atoms with Crippen LogP contribution in [0.2, 0.25) is 0 Å². The highest BCUT2D eigenvalue weighted by Crippen LogP contribution is 2.54. The van der Waals surface area contributed by atoms with Gasteiger partial charge in [-0.25, -0.2) is 14.6 Å². The van der Waals surface area contributed by atoms with E-state index in [1.165, 1.54) is 6.33 Å². The summed E-state index contributed by atoms with van der Waals surface area (Å²) in [6.45, 7) is 3.61. The highest BCUT2D eigenvalue weighted by atomic mass is 16.5. The molecule has 9 nitrogen and oxygen atoms in total. The zero-order valence-electron chi connectivity index (χ0n) is 19.6. The highest BCUT2D eigenvalue weighted by molar-refractivity contribution is 5.97. The fourth-order valence-electron chi connectivity index (χ4n) is 5.45. The standard InChI is InChI=1S/C26H27N7O2/c1-2-21(34)32-11-10-26(15-32)12-17(13-26)33-25-22(24(27)29-16-30-25)23(31-33)20-9-8-19(14-28-20)35-18-6-4-3-5-7-18/h3-9,14,16-17H,2,10-13,15H2,1H3,(H2,27,29,30). The van der Waals surface area contributed by atoms with Crippen molar-refractivity contribution in [3.63, 3.8) is 0 Å². The minimum Gasteiger partial charge on any atom is -0.456 e. The fraction of sp³-hybridized carbons (Fsp3) is 0.346. The lowest BCUT2D eigenvalue weighted by Gasteiger charge is -2.45. The average Bonchev–Trinajstić information content (AvgIpc) is 3.47. The van der Waals surface area contributed by atoms with Gasteiger partial charge in [-0.3, -0.25) is 9.78 Å². The Morgan fingerprint density at radius 2 is 1.94 bits per heavy atom. The maximum atomic E-state index is 12.2. The molecule has 2 aliphatic rings. The number of carbonyl (C=O) groups excluding carboxylic acids is 1. The largest absolute Gasteiger partial charge is 0.456 e. The monoisotopic (exact) mass is 469 g/mol. The van der Waals surface area contributed by atoms with E-state index in [0.717, 1.165) is 43.7 Å². The van der Waals surface area contributed by atoms with Gasteiger partial charge < -0.3 is 15.4 Å². The molecule has 2 fully saturated rings. The first kappa shape index (κ1) is 21.5.